The second kappa shape index (κ2) is 3.34. The lowest BCUT2D eigenvalue weighted by atomic mass is 9.95. The summed E-state index contributed by atoms with van der Waals surface area (Å²) in [6, 6.07) is 22.1. The minimum Gasteiger partial charge on any atom is -0.308 e. The first kappa shape index (κ1) is 10.3. The van der Waals surface area contributed by atoms with Crippen molar-refractivity contribution in [3.8, 4) is 0 Å². The predicted molar refractivity (Wildman–Crippen MR) is 89.3 cm³/mol. The Bertz CT molecular complexity index is 1100. The third kappa shape index (κ3) is 1.06. The van der Waals surface area contributed by atoms with Crippen LogP contribution in [0.5, 0.6) is 0 Å². The van der Waals surface area contributed by atoms with Crippen molar-refractivity contribution in [1.82, 2.24) is 4.40 Å². The summed E-state index contributed by atoms with van der Waals surface area (Å²) in [7, 11) is 2.16. The topological polar surface area (TPSA) is 4.41 Å². The highest BCUT2D eigenvalue weighted by molar-refractivity contribution is 6.34. The van der Waals surface area contributed by atoms with Crippen LogP contribution in [0.2, 0.25) is 0 Å². The van der Waals surface area contributed by atoms with Crippen molar-refractivity contribution in [3.05, 3.63) is 60.7 Å². The molecule has 2 heterocycles. The van der Waals surface area contributed by atoms with Crippen LogP contribution in [0.1, 0.15) is 0 Å². The Hall–Kier alpha value is -2.48. The molecule has 2 aromatic heterocycles. The summed E-state index contributed by atoms with van der Waals surface area (Å²) in [6.45, 7) is 0. The highest BCUT2D eigenvalue weighted by Gasteiger charge is 2.15. The molecule has 5 rings (SSSR count). The standard InChI is InChI=1S/C18H12BN/c19-11-8-9-13-15-6-3-5-14-12-4-1-2-7-16(12)20(18(14)15)17(13)10-11/h1-10H,19H2. The van der Waals surface area contributed by atoms with Gasteiger partial charge in [-0.05, 0) is 12.1 Å². The van der Waals surface area contributed by atoms with Crippen LogP contribution in [0.4, 0.5) is 0 Å². The van der Waals surface area contributed by atoms with E-state index in [1.165, 1.54) is 43.6 Å². The van der Waals surface area contributed by atoms with Gasteiger partial charge in [-0.15, -0.1) is 0 Å². The number of aromatic nitrogens is 1. The average molecular weight is 253 g/mol. The third-order valence-electron chi connectivity index (χ3n) is 4.38. The molecule has 1 nitrogen and oxygen atoms in total. The Morgan fingerprint density at radius 2 is 1.35 bits per heavy atom. The first-order valence-corrected chi connectivity index (χ1v) is 6.98. The van der Waals surface area contributed by atoms with Crippen LogP contribution in [-0.2, 0) is 0 Å². The average Bonchev–Trinajstić information content (AvgIpc) is 2.98. The molecule has 0 saturated carbocycles. The smallest absolute Gasteiger partial charge is 0.139 e. The third-order valence-corrected chi connectivity index (χ3v) is 4.38. The second-order valence-corrected chi connectivity index (χ2v) is 5.57. The Labute approximate surface area is 117 Å². The zero-order valence-corrected chi connectivity index (χ0v) is 11.2. The zero-order valence-electron chi connectivity index (χ0n) is 11.2. The first-order valence-electron chi connectivity index (χ1n) is 6.98. The van der Waals surface area contributed by atoms with Gasteiger partial charge in [0.15, 0.2) is 0 Å². The summed E-state index contributed by atoms with van der Waals surface area (Å²) in [4.78, 5) is 0. The van der Waals surface area contributed by atoms with Gasteiger partial charge in [-0.1, -0.05) is 54.0 Å². The van der Waals surface area contributed by atoms with Gasteiger partial charge in [0, 0.05) is 21.5 Å². The van der Waals surface area contributed by atoms with Crippen LogP contribution in [0.3, 0.4) is 0 Å². The number of fused-ring (bicyclic) bond motifs is 6. The molecule has 3 aromatic carbocycles. The van der Waals surface area contributed by atoms with Crippen LogP contribution in [0, 0.1) is 0 Å². The van der Waals surface area contributed by atoms with E-state index in [0.29, 0.717) is 0 Å². The summed E-state index contributed by atoms with van der Waals surface area (Å²) in [5.74, 6) is 0. The molecule has 0 saturated heterocycles. The molecule has 0 bridgehead atoms. The minimum atomic E-state index is 1.30. The molecule has 0 aliphatic rings. The van der Waals surface area contributed by atoms with Crippen LogP contribution < -0.4 is 5.46 Å². The molecule has 20 heavy (non-hydrogen) atoms. The first-order chi connectivity index (χ1) is 9.84. The molecule has 0 N–H and O–H groups in total. The fourth-order valence-corrected chi connectivity index (χ4v) is 3.54. The van der Waals surface area contributed by atoms with E-state index in [9.17, 15) is 0 Å². The quantitative estimate of drug-likeness (QED) is 0.373. The van der Waals surface area contributed by atoms with Crippen molar-refractivity contribution < 1.29 is 0 Å². The van der Waals surface area contributed by atoms with Crippen molar-refractivity contribution in [2.24, 2.45) is 0 Å². The van der Waals surface area contributed by atoms with E-state index < -0.39 is 0 Å². The molecule has 2 heteroatoms. The molecule has 0 radical (unpaired) electrons. The van der Waals surface area contributed by atoms with Gasteiger partial charge >= 0.3 is 0 Å². The number of hydrogen-bond acceptors (Lipinski definition) is 0. The van der Waals surface area contributed by atoms with E-state index in [1.807, 2.05) is 0 Å². The van der Waals surface area contributed by atoms with Gasteiger partial charge < -0.3 is 4.40 Å². The highest BCUT2D eigenvalue weighted by atomic mass is 14.9. The SMILES string of the molecule is Bc1ccc2c3cccc4c5ccccc5n(c2c1)c43. The van der Waals surface area contributed by atoms with Crippen molar-refractivity contribution in [3.63, 3.8) is 0 Å². The van der Waals surface area contributed by atoms with Crippen LogP contribution in [-0.4, -0.2) is 12.2 Å². The fourth-order valence-electron chi connectivity index (χ4n) is 3.54. The molecule has 0 spiro atoms. The van der Waals surface area contributed by atoms with Gasteiger partial charge in [0.1, 0.15) is 7.85 Å². The van der Waals surface area contributed by atoms with E-state index in [0.717, 1.165) is 0 Å². The van der Waals surface area contributed by atoms with Gasteiger partial charge in [0.2, 0.25) is 0 Å². The normalized spacial score (nSPS) is 12.2. The lowest BCUT2D eigenvalue weighted by molar-refractivity contribution is 1.37. The molecule has 0 atom stereocenters. The van der Waals surface area contributed by atoms with E-state index >= 15 is 0 Å². The van der Waals surface area contributed by atoms with Crippen molar-refractivity contribution in [1.29, 1.82) is 0 Å². The van der Waals surface area contributed by atoms with Crippen LogP contribution in [0.25, 0.3) is 38.1 Å². The number of para-hydroxylation sites is 2. The van der Waals surface area contributed by atoms with Crippen molar-refractivity contribution in [2.45, 2.75) is 0 Å². The number of nitrogens with zero attached hydrogens (tertiary/aromatic N) is 1. The summed E-state index contributed by atoms with van der Waals surface area (Å²) >= 11 is 0. The molecule has 0 aliphatic carbocycles. The molecule has 92 valence electrons. The van der Waals surface area contributed by atoms with Crippen molar-refractivity contribution in [2.75, 3.05) is 0 Å². The van der Waals surface area contributed by atoms with E-state index in [-0.39, 0.29) is 0 Å². The molecule has 0 unspecified atom stereocenters. The summed E-state index contributed by atoms with van der Waals surface area (Å²) in [5, 5.41) is 5.40. The highest BCUT2D eigenvalue weighted by Crippen LogP contribution is 2.38. The van der Waals surface area contributed by atoms with E-state index in [2.05, 4.69) is 72.9 Å². The Morgan fingerprint density at radius 1 is 0.650 bits per heavy atom. The predicted octanol–water partition coefficient (Wildman–Crippen LogP) is 3.10. The maximum Gasteiger partial charge on any atom is 0.139 e. The Balaban J connectivity index is 2.28. The molecule has 0 aliphatic heterocycles. The zero-order chi connectivity index (χ0) is 13.3. The molecule has 0 amide bonds. The number of benzene rings is 3. The van der Waals surface area contributed by atoms with Gasteiger partial charge in [-0.3, -0.25) is 0 Å². The Morgan fingerprint density at radius 3 is 2.20 bits per heavy atom. The lowest BCUT2D eigenvalue weighted by Crippen LogP contribution is -1.99. The van der Waals surface area contributed by atoms with E-state index in [1.54, 1.807) is 0 Å². The summed E-state index contributed by atoms with van der Waals surface area (Å²) in [6.07, 6.45) is 0. The van der Waals surface area contributed by atoms with E-state index in [4.69, 9.17) is 0 Å². The molecular formula is C18H12BN. The summed E-state index contributed by atoms with van der Waals surface area (Å²) < 4.78 is 2.42. The van der Waals surface area contributed by atoms with Crippen molar-refractivity contribution >= 4 is 51.4 Å². The lowest BCUT2D eigenvalue weighted by Gasteiger charge is -1.98. The maximum absolute atomic E-state index is 2.42. The fraction of sp³-hybridized carbons (Fsp3) is 0. The van der Waals surface area contributed by atoms with Gasteiger partial charge in [0.05, 0.1) is 16.6 Å². The molecular weight excluding hydrogens is 241 g/mol. The second-order valence-electron chi connectivity index (χ2n) is 5.57. The monoisotopic (exact) mass is 253 g/mol. The van der Waals surface area contributed by atoms with Gasteiger partial charge in [-0.2, -0.15) is 0 Å². The van der Waals surface area contributed by atoms with Gasteiger partial charge in [0.25, 0.3) is 0 Å². The maximum atomic E-state index is 2.42. The number of hydrogen-bond donors (Lipinski definition) is 0. The number of rotatable bonds is 0. The van der Waals surface area contributed by atoms with Crippen LogP contribution >= 0.6 is 0 Å². The van der Waals surface area contributed by atoms with Gasteiger partial charge in [-0.25, -0.2) is 0 Å². The largest absolute Gasteiger partial charge is 0.308 e. The molecule has 0 fully saturated rings. The Kier molecular flexibility index (Phi) is 1.73. The van der Waals surface area contributed by atoms with Crippen LogP contribution in [0.15, 0.2) is 60.7 Å². The molecule has 5 aromatic rings. The summed E-state index contributed by atoms with van der Waals surface area (Å²) in [5.41, 5.74) is 5.29. The minimum absolute atomic E-state index is 1.30.